The Morgan fingerprint density at radius 3 is 2.75 bits per heavy atom. The third kappa shape index (κ3) is 4.84. The van der Waals surface area contributed by atoms with Crippen LogP contribution in [0.2, 0.25) is 5.02 Å². The minimum atomic E-state index is -0.563. The number of aromatic nitrogens is 2. The molecular weight excluding hydrogens is 533 g/mol. The molecule has 1 unspecified atom stereocenters. The van der Waals surface area contributed by atoms with E-state index in [4.69, 9.17) is 26.1 Å². The predicted molar refractivity (Wildman–Crippen MR) is 150 cm³/mol. The van der Waals surface area contributed by atoms with E-state index < -0.39 is 6.04 Å². The summed E-state index contributed by atoms with van der Waals surface area (Å²) in [6.45, 7) is 5.44. The Bertz CT molecular complexity index is 1430. The van der Waals surface area contributed by atoms with Gasteiger partial charge < -0.3 is 29.2 Å². The van der Waals surface area contributed by atoms with Crippen molar-refractivity contribution in [1.29, 1.82) is 0 Å². The molecule has 4 aliphatic rings. The molecule has 210 valence electrons. The van der Waals surface area contributed by atoms with Gasteiger partial charge in [0.25, 0.3) is 5.91 Å². The van der Waals surface area contributed by atoms with Crippen LogP contribution in [0.4, 0.5) is 10.1 Å². The minimum absolute atomic E-state index is 0.188. The molecule has 40 heavy (non-hydrogen) atoms. The monoisotopic (exact) mass is 565 g/mol. The highest BCUT2D eigenvalue weighted by Crippen LogP contribution is 2.43. The smallest absolute Gasteiger partial charge is 0.261 e. The lowest BCUT2D eigenvalue weighted by Crippen LogP contribution is -2.44. The number of ether oxygens (including phenoxy) is 2. The Hall–Kier alpha value is -3.14. The van der Waals surface area contributed by atoms with Crippen molar-refractivity contribution in [2.45, 2.75) is 44.3 Å². The van der Waals surface area contributed by atoms with Gasteiger partial charge in [0.2, 0.25) is 0 Å². The van der Waals surface area contributed by atoms with Crippen molar-refractivity contribution >= 4 is 23.2 Å². The van der Waals surface area contributed by atoms with Gasteiger partial charge in [0.05, 0.1) is 36.2 Å². The Labute approximate surface area is 238 Å². The fraction of sp³-hybridized carbons (Fsp3) is 0.467. The summed E-state index contributed by atoms with van der Waals surface area (Å²) in [4.78, 5) is 22.6. The maximum atomic E-state index is 15.7. The number of imidazole rings is 1. The highest BCUT2D eigenvalue weighted by atomic mass is 35.5. The van der Waals surface area contributed by atoms with Crippen molar-refractivity contribution in [3.63, 3.8) is 0 Å². The molecule has 2 fully saturated rings. The van der Waals surface area contributed by atoms with E-state index >= 15 is 4.39 Å². The molecule has 0 spiro atoms. The Morgan fingerprint density at radius 1 is 1.12 bits per heavy atom. The minimum Gasteiger partial charge on any atom is -0.482 e. The summed E-state index contributed by atoms with van der Waals surface area (Å²) >= 11 is 6.57. The molecule has 4 heterocycles. The summed E-state index contributed by atoms with van der Waals surface area (Å²) in [5.74, 6) is 1.36. The van der Waals surface area contributed by atoms with Crippen molar-refractivity contribution in [1.82, 2.24) is 19.8 Å². The van der Waals surface area contributed by atoms with Gasteiger partial charge >= 0.3 is 0 Å². The van der Waals surface area contributed by atoms with Crippen LogP contribution < -0.4 is 15.0 Å². The number of nitrogens with zero attached hydrogens (tertiary/aromatic N) is 4. The first-order valence-electron chi connectivity index (χ1n) is 14.2. The molecule has 10 heteroatoms. The van der Waals surface area contributed by atoms with Crippen molar-refractivity contribution in [3.05, 3.63) is 75.6 Å². The van der Waals surface area contributed by atoms with Crippen LogP contribution in [-0.4, -0.2) is 66.4 Å². The zero-order valence-electron chi connectivity index (χ0n) is 22.4. The first kappa shape index (κ1) is 25.8. The van der Waals surface area contributed by atoms with Gasteiger partial charge in [0.1, 0.15) is 23.4 Å². The number of carbonyl (C=O) groups excluding carboxylic acids is 1. The van der Waals surface area contributed by atoms with Gasteiger partial charge in [0, 0.05) is 50.4 Å². The molecule has 1 atom stereocenters. The number of fused-ring (bicyclic) bond motifs is 3. The van der Waals surface area contributed by atoms with Crippen LogP contribution in [0.1, 0.15) is 53.1 Å². The van der Waals surface area contributed by atoms with Gasteiger partial charge in [-0.05, 0) is 48.6 Å². The molecule has 0 bridgehead atoms. The van der Waals surface area contributed by atoms with E-state index in [1.165, 1.54) is 0 Å². The van der Waals surface area contributed by atoms with Gasteiger partial charge in [0.15, 0.2) is 6.61 Å². The van der Waals surface area contributed by atoms with Gasteiger partial charge in [-0.25, -0.2) is 9.37 Å². The van der Waals surface area contributed by atoms with Crippen LogP contribution in [0, 0.1) is 5.82 Å². The molecule has 3 aliphatic heterocycles. The molecule has 1 aliphatic carbocycles. The summed E-state index contributed by atoms with van der Waals surface area (Å²) in [5, 5.41) is 3.82. The summed E-state index contributed by atoms with van der Waals surface area (Å²) in [6.07, 6.45) is 2.83. The molecule has 2 aromatic carbocycles. The molecule has 1 amide bonds. The maximum absolute atomic E-state index is 15.7. The van der Waals surface area contributed by atoms with Gasteiger partial charge in [-0.15, -0.1) is 0 Å². The van der Waals surface area contributed by atoms with E-state index in [-0.39, 0.29) is 18.3 Å². The molecule has 1 saturated carbocycles. The van der Waals surface area contributed by atoms with Crippen LogP contribution in [0.15, 0.2) is 36.4 Å². The fourth-order valence-corrected chi connectivity index (χ4v) is 6.43. The van der Waals surface area contributed by atoms with Gasteiger partial charge in [-0.2, -0.15) is 0 Å². The lowest BCUT2D eigenvalue weighted by atomic mass is 9.93. The third-order valence-corrected chi connectivity index (χ3v) is 8.74. The summed E-state index contributed by atoms with van der Waals surface area (Å²) < 4.78 is 29.3. The van der Waals surface area contributed by atoms with Crippen molar-refractivity contribution in [3.8, 4) is 5.75 Å². The molecule has 1 N–H and O–H groups in total. The lowest BCUT2D eigenvalue weighted by Gasteiger charge is -2.37. The summed E-state index contributed by atoms with van der Waals surface area (Å²) in [5.41, 5.74) is 4.41. The van der Waals surface area contributed by atoms with Crippen molar-refractivity contribution in [2.24, 2.45) is 0 Å². The SMILES string of the molecule is O=C(COc1ccc(N2CCOCC2)cc1Cl)N1CCc2nc3n(c2C1c1ccc(C2CC2)cc1F)CCNC3. The Balaban J connectivity index is 1.16. The molecule has 7 rings (SSSR count). The first-order chi connectivity index (χ1) is 19.6. The predicted octanol–water partition coefficient (Wildman–Crippen LogP) is 4.05. The zero-order chi connectivity index (χ0) is 27.2. The molecule has 0 radical (unpaired) electrons. The molecule has 1 aromatic heterocycles. The van der Waals surface area contributed by atoms with Crippen LogP contribution in [0.3, 0.4) is 0 Å². The van der Waals surface area contributed by atoms with Gasteiger partial charge in [-0.3, -0.25) is 4.79 Å². The lowest BCUT2D eigenvalue weighted by molar-refractivity contribution is -0.135. The normalized spacial score (nSPS) is 20.7. The second-order valence-corrected chi connectivity index (χ2v) is 11.4. The number of benzene rings is 2. The average molecular weight is 566 g/mol. The fourth-order valence-electron chi connectivity index (χ4n) is 6.20. The van der Waals surface area contributed by atoms with E-state index in [0.717, 1.165) is 67.5 Å². The number of hydrogen-bond donors (Lipinski definition) is 1. The second-order valence-electron chi connectivity index (χ2n) is 11.0. The Morgan fingerprint density at radius 2 is 1.98 bits per heavy atom. The third-order valence-electron chi connectivity index (χ3n) is 8.45. The van der Waals surface area contributed by atoms with Crippen molar-refractivity contribution in [2.75, 3.05) is 50.9 Å². The zero-order valence-corrected chi connectivity index (χ0v) is 23.1. The van der Waals surface area contributed by atoms with E-state index in [2.05, 4.69) is 14.8 Å². The van der Waals surface area contributed by atoms with Crippen LogP contribution in [-0.2, 0) is 29.0 Å². The summed E-state index contributed by atoms with van der Waals surface area (Å²) in [7, 11) is 0. The first-order valence-corrected chi connectivity index (χ1v) is 14.6. The van der Waals surface area contributed by atoms with Crippen molar-refractivity contribution < 1.29 is 18.7 Å². The number of carbonyl (C=O) groups is 1. The molecule has 1 saturated heterocycles. The van der Waals surface area contributed by atoms with Crippen LogP contribution in [0.5, 0.6) is 5.75 Å². The highest BCUT2D eigenvalue weighted by Gasteiger charge is 2.39. The van der Waals surface area contributed by atoms with E-state index in [0.29, 0.717) is 55.0 Å². The number of nitrogens with one attached hydrogen (secondary N) is 1. The maximum Gasteiger partial charge on any atom is 0.261 e. The molecule has 3 aromatic rings. The van der Waals surface area contributed by atoms with E-state index in [1.54, 1.807) is 11.0 Å². The number of amides is 1. The van der Waals surface area contributed by atoms with E-state index in [1.807, 2.05) is 30.3 Å². The topological polar surface area (TPSA) is 71.9 Å². The summed E-state index contributed by atoms with van der Waals surface area (Å²) in [6, 6.07) is 10.6. The average Bonchev–Trinajstić information content (AvgIpc) is 3.76. The van der Waals surface area contributed by atoms with Gasteiger partial charge in [-0.1, -0.05) is 23.7 Å². The molecule has 8 nitrogen and oxygen atoms in total. The van der Waals surface area contributed by atoms with Crippen LogP contribution >= 0.6 is 11.6 Å². The highest BCUT2D eigenvalue weighted by molar-refractivity contribution is 6.32. The number of anilines is 1. The number of hydrogen-bond acceptors (Lipinski definition) is 6. The quantitative estimate of drug-likeness (QED) is 0.486. The number of halogens is 2. The van der Waals surface area contributed by atoms with Crippen LogP contribution in [0.25, 0.3) is 0 Å². The number of morpholine rings is 1. The standard InChI is InChI=1S/C30H33ClFN5O3/c31-23-16-21(35-11-13-39-14-12-35)4-6-26(23)40-18-28(38)37-9-7-25-30(36-10-8-33-17-27(36)34-25)29(37)22-5-3-20(15-24(22)32)19-1-2-19/h3-6,15-16,19,29,33H,1-2,7-14,17-18H2. The largest absolute Gasteiger partial charge is 0.482 e. The Kier molecular flexibility index (Phi) is 6.89. The second kappa shape index (κ2) is 10.7. The van der Waals surface area contributed by atoms with E-state index in [9.17, 15) is 4.79 Å². The number of rotatable bonds is 6. The molecular formula is C30H33ClFN5O3.